The predicted molar refractivity (Wildman–Crippen MR) is 97.2 cm³/mol. The zero-order chi connectivity index (χ0) is 17.6. The van der Waals surface area contributed by atoms with Gasteiger partial charge in [-0.15, -0.1) is 0 Å². The van der Waals surface area contributed by atoms with Gasteiger partial charge in [-0.2, -0.15) is 5.26 Å². The molecule has 6 heteroatoms. The average molecular weight is 341 g/mol. The molecule has 2 aliphatic rings. The molecular weight excluding hydrogens is 314 g/mol. The van der Waals surface area contributed by atoms with E-state index in [1.165, 1.54) is 0 Å². The first-order valence-corrected chi connectivity index (χ1v) is 9.31. The molecule has 0 spiro atoms. The van der Waals surface area contributed by atoms with Crippen LogP contribution in [0.1, 0.15) is 31.9 Å². The Balaban J connectivity index is 1.44. The molecule has 0 atom stereocenters. The van der Waals surface area contributed by atoms with Gasteiger partial charge in [0.1, 0.15) is 11.8 Å². The number of hydrogen-bond acceptors (Lipinski definition) is 5. The lowest BCUT2D eigenvalue weighted by Gasteiger charge is -2.36. The smallest absolute Gasteiger partial charge is 0.222 e. The summed E-state index contributed by atoms with van der Waals surface area (Å²) in [5.41, 5.74) is 1.52. The van der Waals surface area contributed by atoms with Crippen LogP contribution in [0.3, 0.4) is 0 Å². The minimum Gasteiger partial charge on any atom is -0.370 e. The summed E-state index contributed by atoms with van der Waals surface area (Å²) in [5.74, 6) is 0.813. The van der Waals surface area contributed by atoms with Gasteiger partial charge in [-0.3, -0.25) is 4.79 Å². The summed E-state index contributed by atoms with van der Waals surface area (Å²) in [6, 6.07) is 5.78. The minimum atomic E-state index is 0.328. The van der Waals surface area contributed by atoms with Gasteiger partial charge in [-0.05, 0) is 37.4 Å². The van der Waals surface area contributed by atoms with Crippen LogP contribution >= 0.6 is 0 Å². The molecule has 2 saturated heterocycles. The van der Waals surface area contributed by atoms with Gasteiger partial charge in [-0.25, -0.2) is 4.98 Å². The number of amides is 1. The number of likely N-dealkylation sites (N-methyl/N-ethyl adjacent to an activating group) is 1. The van der Waals surface area contributed by atoms with Crippen molar-refractivity contribution in [3.63, 3.8) is 0 Å². The number of nitrogens with zero attached hydrogens (tertiary/aromatic N) is 5. The number of aromatic nitrogens is 1. The molecule has 2 fully saturated rings. The Morgan fingerprint density at radius 2 is 1.92 bits per heavy atom. The van der Waals surface area contributed by atoms with Crippen LogP contribution in [0.2, 0.25) is 0 Å². The molecule has 0 N–H and O–H groups in total. The molecule has 0 radical (unpaired) electrons. The number of pyridine rings is 1. The second-order valence-electron chi connectivity index (χ2n) is 6.96. The molecule has 0 unspecified atom stereocenters. The maximum Gasteiger partial charge on any atom is 0.222 e. The molecule has 1 amide bonds. The molecule has 134 valence electrons. The van der Waals surface area contributed by atoms with Crippen molar-refractivity contribution in [3.05, 3.63) is 24.0 Å². The van der Waals surface area contributed by atoms with Crippen LogP contribution in [-0.4, -0.2) is 66.5 Å². The van der Waals surface area contributed by atoms with Gasteiger partial charge in [0.25, 0.3) is 0 Å². The maximum absolute atomic E-state index is 12.5. The monoisotopic (exact) mass is 341 g/mol. The fourth-order valence-electron chi connectivity index (χ4n) is 3.72. The van der Waals surface area contributed by atoms with E-state index in [1.54, 1.807) is 12.3 Å². The van der Waals surface area contributed by atoms with E-state index < -0.39 is 0 Å². The molecule has 6 nitrogen and oxygen atoms in total. The van der Waals surface area contributed by atoms with Crippen molar-refractivity contribution in [2.45, 2.75) is 26.2 Å². The molecule has 0 saturated carbocycles. The van der Waals surface area contributed by atoms with Crippen LogP contribution in [0.4, 0.5) is 5.69 Å². The predicted octanol–water partition coefficient (Wildman–Crippen LogP) is 1.72. The van der Waals surface area contributed by atoms with E-state index in [1.807, 2.05) is 17.0 Å². The molecule has 0 aliphatic carbocycles. The quantitative estimate of drug-likeness (QED) is 0.834. The van der Waals surface area contributed by atoms with Gasteiger partial charge in [0.2, 0.25) is 5.91 Å². The lowest BCUT2D eigenvalue weighted by Crippen LogP contribution is -2.49. The Morgan fingerprint density at radius 1 is 1.20 bits per heavy atom. The van der Waals surface area contributed by atoms with Crippen LogP contribution in [0.15, 0.2) is 18.3 Å². The van der Waals surface area contributed by atoms with Crippen LogP contribution in [0.25, 0.3) is 0 Å². The molecule has 1 aromatic heterocycles. The largest absolute Gasteiger partial charge is 0.370 e. The summed E-state index contributed by atoms with van der Waals surface area (Å²) in [5, 5.41) is 8.83. The lowest BCUT2D eigenvalue weighted by molar-refractivity contribution is -0.134. The molecule has 0 aromatic carbocycles. The third-order valence-corrected chi connectivity index (χ3v) is 5.48. The number of carbonyl (C=O) groups is 1. The Bertz CT molecular complexity index is 608. The number of nitriles is 1. The molecule has 3 heterocycles. The second-order valence-corrected chi connectivity index (χ2v) is 6.96. The topological polar surface area (TPSA) is 63.5 Å². The third-order valence-electron chi connectivity index (χ3n) is 5.48. The van der Waals surface area contributed by atoms with Gasteiger partial charge in [0.05, 0.1) is 11.9 Å². The highest BCUT2D eigenvalue weighted by molar-refractivity contribution is 5.76. The van der Waals surface area contributed by atoms with Gasteiger partial charge in [0, 0.05) is 45.7 Å². The lowest BCUT2D eigenvalue weighted by atomic mass is 9.92. The number of piperidine rings is 1. The zero-order valence-electron chi connectivity index (χ0n) is 15.0. The van der Waals surface area contributed by atoms with Crippen LogP contribution in [0.5, 0.6) is 0 Å². The zero-order valence-corrected chi connectivity index (χ0v) is 15.0. The maximum atomic E-state index is 12.5. The summed E-state index contributed by atoms with van der Waals surface area (Å²) in [6.07, 6.45) is 4.55. The molecule has 2 aliphatic heterocycles. The summed E-state index contributed by atoms with van der Waals surface area (Å²) < 4.78 is 0. The Labute approximate surface area is 150 Å². The van der Waals surface area contributed by atoms with Crippen molar-refractivity contribution in [2.24, 2.45) is 5.92 Å². The number of rotatable bonds is 4. The summed E-state index contributed by atoms with van der Waals surface area (Å²) in [7, 11) is 0. The summed E-state index contributed by atoms with van der Waals surface area (Å²) >= 11 is 0. The number of anilines is 1. The molecule has 3 rings (SSSR count). The molecule has 1 aromatic rings. The van der Waals surface area contributed by atoms with E-state index >= 15 is 0 Å². The first-order valence-electron chi connectivity index (χ1n) is 9.31. The minimum absolute atomic E-state index is 0.328. The normalized spacial score (nSPS) is 19.7. The molecular formula is C19H27N5O. The van der Waals surface area contributed by atoms with Gasteiger partial charge < -0.3 is 14.7 Å². The van der Waals surface area contributed by atoms with Crippen LogP contribution in [-0.2, 0) is 4.79 Å². The van der Waals surface area contributed by atoms with E-state index in [4.69, 9.17) is 5.26 Å². The van der Waals surface area contributed by atoms with Crippen molar-refractivity contribution < 1.29 is 4.79 Å². The average Bonchev–Trinajstić information content (AvgIpc) is 2.68. The van der Waals surface area contributed by atoms with E-state index in [2.05, 4.69) is 21.7 Å². The summed E-state index contributed by atoms with van der Waals surface area (Å²) in [6.45, 7) is 8.92. The van der Waals surface area contributed by atoms with E-state index in [-0.39, 0.29) is 0 Å². The number of hydrogen-bond donors (Lipinski definition) is 0. The van der Waals surface area contributed by atoms with Crippen molar-refractivity contribution in [2.75, 3.05) is 50.7 Å². The molecule has 25 heavy (non-hydrogen) atoms. The number of carbonyl (C=O) groups excluding carboxylic acids is 1. The highest BCUT2D eigenvalue weighted by atomic mass is 16.2. The Morgan fingerprint density at radius 3 is 2.48 bits per heavy atom. The SMILES string of the molecule is CCN1CCN(C(=O)CC2CCN(c3ccc(C#N)nc3)CC2)CC1. The molecule has 0 bridgehead atoms. The van der Waals surface area contributed by atoms with Crippen molar-refractivity contribution in [3.8, 4) is 6.07 Å². The van der Waals surface area contributed by atoms with Crippen molar-refractivity contribution >= 4 is 11.6 Å². The number of piperazine rings is 1. The van der Waals surface area contributed by atoms with Crippen LogP contribution in [0, 0.1) is 17.2 Å². The fraction of sp³-hybridized carbons (Fsp3) is 0.632. The first-order chi connectivity index (χ1) is 12.2. The van der Waals surface area contributed by atoms with E-state index in [0.29, 0.717) is 23.9 Å². The van der Waals surface area contributed by atoms with E-state index in [0.717, 1.165) is 64.3 Å². The second kappa shape index (κ2) is 8.30. The van der Waals surface area contributed by atoms with Gasteiger partial charge in [-0.1, -0.05) is 6.92 Å². The van der Waals surface area contributed by atoms with Gasteiger partial charge >= 0.3 is 0 Å². The van der Waals surface area contributed by atoms with Crippen molar-refractivity contribution in [1.29, 1.82) is 5.26 Å². The van der Waals surface area contributed by atoms with Crippen LogP contribution < -0.4 is 4.90 Å². The fourth-order valence-corrected chi connectivity index (χ4v) is 3.72. The highest BCUT2D eigenvalue weighted by Gasteiger charge is 2.26. The Kier molecular flexibility index (Phi) is 5.87. The standard InChI is InChI=1S/C19H27N5O/c1-2-22-9-11-24(12-10-22)19(25)13-16-5-7-23(8-6-16)18-4-3-17(14-20)21-15-18/h3-4,15-16H,2,5-13H2,1H3. The van der Waals surface area contributed by atoms with Gasteiger partial charge in [0.15, 0.2) is 0 Å². The Hall–Kier alpha value is -2.13. The van der Waals surface area contributed by atoms with Crippen molar-refractivity contribution in [1.82, 2.24) is 14.8 Å². The highest BCUT2D eigenvalue weighted by Crippen LogP contribution is 2.25. The summed E-state index contributed by atoms with van der Waals surface area (Å²) in [4.78, 5) is 23.4. The third kappa shape index (κ3) is 4.49. The van der Waals surface area contributed by atoms with E-state index in [9.17, 15) is 4.79 Å². The first kappa shape index (κ1) is 17.7.